The summed E-state index contributed by atoms with van der Waals surface area (Å²) < 4.78 is 13.2. The summed E-state index contributed by atoms with van der Waals surface area (Å²) in [7, 11) is 0. The Hall–Kier alpha value is -0.890. The molecule has 0 aliphatic heterocycles. The van der Waals surface area contributed by atoms with Crippen LogP contribution in [0, 0.1) is 17.7 Å². The van der Waals surface area contributed by atoms with Gasteiger partial charge in [0.05, 0.1) is 0 Å². The van der Waals surface area contributed by atoms with Crippen molar-refractivity contribution < 1.29 is 4.39 Å². The van der Waals surface area contributed by atoms with E-state index in [1.807, 2.05) is 12.1 Å². The van der Waals surface area contributed by atoms with Crippen LogP contribution in [0.15, 0.2) is 24.3 Å². The van der Waals surface area contributed by atoms with Gasteiger partial charge in [-0.05, 0) is 61.8 Å². The predicted molar refractivity (Wildman–Crippen MR) is 74.1 cm³/mol. The molecule has 0 saturated heterocycles. The van der Waals surface area contributed by atoms with E-state index < -0.39 is 0 Å². The second-order valence-electron chi connectivity index (χ2n) is 5.68. The summed E-state index contributed by atoms with van der Waals surface area (Å²) in [4.78, 5) is 0. The smallest absolute Gasteiger partial charge is 0.123 e. The molecule has 0 amide bonds. The Balaban J connectivity index is 2.03. The van der Waals surface area contributed by atoms with Gasteiger partial charge in [-0.3, -0.25) is 0 Å². The molecule has 1 aliphatic rings. The number of nitrogens with one attached hydrogen (secondary N) is 1. The van der Waals surface area contributed by atoms with E-state index in [4.69, 9.17) is 0 Å². The number of rotatable bonds is 4. The highest BCUT2D eigenvalue weighted by Gasteiger charge is 2.27. The zero-order valence-corrected chi connectivity index (χ0v) is 11.5. The van der Waals surface area contributed by atoms with Crippen molar-refractivity contribution in [2.24, 2.45) is 11.8 Å². The first-order valence-corrected chi connectivity index (χ1v) is 7.17. The lowest BCUT2D eigenvalue weighted by Crippen LogP contribution is -2.41. The molecular formula is C16H24FN. The summed E-state index contributed by atoms with van der Waals surface area (Å²) in [5, 5.41) is 3.60. The van der Waals surface area contributed by atoms with Crippen molar-refractivity contribution in [2.45, 2.75) is 45.6 Å². The first kappa shape index (κ1) is 13.5. The summed E-state index contributed by atoms with van der Waals surface area (Å²) in [5.74, 6) is 1.34. The summed E-state index contributed by atoms with van der Waals surface area (Å²) in [5.41, 5.74) is 1.14. The van der Waals surface area contributed by atoms with Gasteiger partial charge in [0.2, 0.25) is 0 Å². The van der Waals surface area contributed by atoms with Gasteiger partial charge in [0.25, 0.3) is 0 Å². The standard InChI is InChI=1S/C16H24FN/c1-3-18-16-8-7-12(2)9-14(16)10-13-5-4-6-15(17)11-13/h4-6,11-12,14,16,18H,3,7-10H2,1-2H3. The summed E-state index contributed by atoms with van der Waals surface area (Å²) in [6.45, 7) is 5.52. The van der Waals surface area contributed by atoms with Crippen LogP contribution in [0.1, 0.15) is 38.7 Å². The van der Waals surface area contributed by atoms with Crippen LogP contribution >= 0.6 is 0 Å². The fraction of sp³-hybridized carbons (Fsp3) is 0.625. The molecule has 1 aromatic rings. The fourth-order valence-electron chi connectivity index (χ4n) is 3.22. The molecule has 1 nitrogen and oxygen atoms in total. The van der Waals surface area contributed by atoms with Crippen LogP contribution in [0.25, 0.3) is 0 Å². The van der Waals surface area contributed by atoms with E-state index in [9.17, 15) is 4.39 Å². The summed E-state index contributed by atoms with van der Waals surface area (Å²) >= 11 is 0. The highest BCUT2D eigenvalue weighted by molar-refractivity contribution is 5.17. The molecule has 0 radical (unpaired) electrons. The molecule has 3 unspecified atom stereocenters. The van der Waals surface area contributed by atoms with Crippen LogP contribution in [0.3, 0.4) is 0 Å². The molecule has 0 spiro atoms. The minimum Gasteiger partial charge on any atom is -0.314 e. The van der Waals surface area contributed by atoms with Gasteiger partial charge in [0, 0.05) is 6.04 Å². The van der Waals surface area contributed by atoms with Crippen LogP contribution in [0.4, 0.5) is 4.39 Å². The zero-order chi connectivity index (χ0) is 13.0. The molecule has 1 fully saturated rings. The largest absolute Gasteiger partial charge is 0.314 e. The second-order valence-corrected chi connectivity index (χ2v) is 5.68. The van der Waals surface area contributed by atoms with E-state index >= 15 is 0 Å². The topological polar surface area (TPSA) is 12.0 Å². The fourth-order valence-corrected chi connectivity index (χ4v) is 3.22. The third kappa shape index (κ3) is 3.55. The molecule has 3 atom stereocenters. The average Bonchev–Trinajstić information content (AvgIpc) is 2.33. The summed E-state index contributed by atoms with van der Waals surface area (Å²) in [6.07, 6.45) is 4.83. The molecule has 100 valence electrons. The van der Waals surface area contributed by atoms with E-state index in [-0.39, 0.29) is 5.82 Å². The van der Waals surface area contributed by atoms with E-state index in [0.29, 0.717) is 12.0 Å². The molecule has 2 rings (SSSR count). The van der Waals surface area contributed by atoms with Crippen LogP contribution in [0.2, 0.25) is 0 Å². The maximum absolute atomic E-state index is 13.2. The van der Waals surface area contributed by atoms with E-state index in [1.165, 1.54) is 25.3 Å². The normalized spacial score (nSPS) is 28.3. The molecule has 0 heterocycles. The quantitative estimate of drug-likeness (QED) is 0.856. The third-order valence-corrected chi connectivity index (χ3v) is 4.10. The van der Waals surface area contributed by atoms with Gasteiger partial charge >= 0.3 is 0 Å². The van der Waals surface area contributed by atoms with Crippen molar-refractivity contribution in [1.29, 1.82) is 0 Å². The van der Waals surface area contributed by atoms with Crippen molar-refractivity contribution in [3.63, 3.8) is 0 Å². The predicted octanol–water partition coefficient (Wildman–Crippen LogP) is 3.78. The highest BCUT2D eigenvalue weighted by Crippen LogP contribution is 2.31. The molecule has 1 aromatic carbocycles. The highest BCUT2D eigenvalue weighted by atomic mass is 19.1. The van der Waals surface area contributed by atoms with Crippen LogP contribution in [-0.2, 0) is 6.42 Å². The lowest BCUT2D eigenvalue weighted by molar-refractivity contribution is 0.214. The Morgan fingerprint density at radius 3 is 2.89 bits per heavy atom. The van der Waals surface area contributed by atoms with Crippen molar-refractivity contribution >= 4 is 0 Å². The Morgan fingerprint density at radius 2 is 2.17 bits per heavy atom. The molecular weight excluding hydrogens is 225 g/mol. The molecule has 1 saturated carbocycles. The number of hydrogen-bond donors (Lipinski definition) is 1. The van der Waals surface area contributed by atoms with Gasteiger partial charge < -0.3 is 5.32 Å². The van der Waals surface area contributed by atoms with Gasteiger partial charge in [-0.25, -0.2) is 4.39 Å². The van der Waals surface area contributed by atoms with E-state index in [2.05, 4.69) is 19.2 Å². The Bertz CT molecular complexity index is 377. The third-order valence-electron chi connectivity index (χ3n) is 4.10. The molecule has 1 aliphatic carbocycles. The van der Waals surface area contributed by atoms with Crippen LogP contribution in [-0.4, -0.2) is 12.6 Å². The Morgan fingerprint density at radius 1 is 1.33 bits per heavy atom. The van der Waals surface area contributed by atoms with Crippen molar-refractivity contribution in [3.8, 4) is 0 Å². The monoisotopic (exact) mass is 249 g/mol. The minimum absolute atomic E-state index is 0.114. The maximum atomic E-state index is 13.2. The number of hydrogen-bond acceptors (Lipinski definition) is 1. The minimum atomic E-state index is -0.114. The van der Waals surface area contributed by atoms with Gasteiger partial charge in [-0.15, -0.1) is 0 Å². The van der Waals surface area contributed by atoms with Crippen LogP contribution < -0.4 is 5.32 Å². The molecule has 0 bridgehead atoms. The zero-order valence-electron chi connectivity index (χ0n) is 11.5. The van der Waals surface area contributed by atoms with Crippen molar-refractivity contribution in [3.05, 3.63) is 35.6 Å². The second kappa shape index (κ2) is 6.33. The first-order valence-electron chi connectivity index (χ1n) is 7.17. The molecule has 0 aromatic heterocycles. The lowest BCUT2D eigenvalue weighted by atomic mass is 9.76. The lowest BCUT2D eigenvalue weighted by Gasteiger charge is -2.35. The van der Waals surface area contributed by atoms with Crippen LogP contribution in [0.5, 0.6) is 0 Å². The maximum Gasteiger partial charge on any atom is 0.123 e. The van der Waals surface area contributed by atoms with Crippen molar-refractivity contribution in [1.82, 2.24) is 5.32 Å². The SMILES string of the molecule is CCNC1CCC(C)CC1Cc1cccc(F)c1. The van der Waals surface area contributed by atoms with Gasteiger partial charge in [-0.2, -0.15) is 0 Å². The van der Waals surface area contributed by atoms with Gasteiger partial charge in [0.15, 0.2) is 0 Å². The summed E-state index contributed by atoms with van der Waals surface area (Å²) in [6, 6.07) is 7.68. The molecule has 2 heteroatoms. The number of benzene rings is 1. The first-order chi connectivity index (χ1) is 8.69. The molecule has 18 heavy (non-hydrogen) atoms. The van der Waals surface area contributed by atoms with E-state index in [1.54, 1.807) is 6.07 Å². The molecule has 1 N–H and O–H groups in total. The van der Waals surface area contributed by atoms with Gasteiger partial charge in [-0.1, -0.05) is 26.0 Å². The van der Waals surface area contributed by atoms with Gasteiger partial charge in [0.1, 0.15) is 5.82 Å². The Kier molecular flexibility index (Phi) is 4.76. The number of halogens is 1. The van der Waals surface area contributed by atoms with E-state index in [0.717, 1.165) is 24.4 Å². The Labute approximate surface area is 110 Å². The van der Waals surface area contributed by atoms with Crippen molar-refractivity contribution in [2.75, 3.05) is 6.54 Å². The average molecular weight is 249 g/mol.